The van der Waals surface area contributed by atoms with Crippen LogP contribution in [0.2, 0.25) is 0 Å². The molecule has 0 unspecified atom stereocenters. The smallest absolute Gasteiger partial charge is 0.0194 e. The van der Waals surface area contributed by atoms with E-state index in [1.54, 1.807) is 0 Å². The molecule has 0 atom stereocenters. The van der Waals surface area contributed by atoms with Crippen LogP contribution in [-0.2, 0) is 0 Å². The predicted molar refractivity (Wildman–Crippen MR) is 112 cm³/mol. The Labute approximate surface area is 154 Å². The van der Waals surface area contributed by atoms with E-state index in [0.717, 1.165) is 11.8 Å². The van der Waals surface area contributed by atoms with Gasteiger partial charge in [0, 0.05) is 0 Å². The molecule has 2 saturated carbocycles. The lowest BCUT2D eigenvalue weighted by Gasteiger charge is -2.37. The first kappa shape index (κ1) is 20.5. The lowest BCUT2D eigenvalue weighted by Crippen LogP contribution is -2.21. The summed E-state index contributed by atoms with van der Waals surface area (Å²) in [5.74, 6) is 1.95. The molecule has 2 aliphatic rings. The Hall–Kier alpha value is 0.170. The Kier molecular flexibility index (Phi) is 10.0. The molecular weight excluding hydrogens is 307 g/mol. The minimum absolute atomic E-state index is 0.160. The lowest BCUT2D eigenvalue weighted by molar-refractivity contribution is 0.324. The van der Waals surface area contributed by atoms with E-state index in [4.69, 9.17) is 0 Å². The van der Waals surface area contributed by atoms with Crippen LogP contribution in [0.5, 0.6) is 0 Å². The number of allylic oxidation sites excluding steroid dienone is 2. The van der Waals surface area contributed by atoms with E-state index in [9.17, 15) is 0 Å². The van der Waals surface area contributed by atoms with Crippen molar-refractivity contribution in [3.05, 3.63) is 10.9 Å². The summed E-state index contributed by atoms with van der Waals surface area (Å²) < 4.78 is 0. The summed E-state index contributed by atoms with van der Waals surface area (Å²) in [5, 5.41) is 2.04. The normalized spacial score (nSPS) is 20.5. The standard InChI is InChI=1S/C23H43P/c1-4-13-22(24(18-5-2)19-6-3)23(20-14-9-7-10-15-20)21-16-11-8-12-17-21/h20-21H,4-19H2,1-3H3. The van der Waals surface area contributed by atoms with Gasteiger partial charge in [-0.1, -0.05) is 92.1 Å². The van der Waals surface area contributed by atoms with Crippen LogP contribution < -0.4 is 0 Å². The van der Waals surface area contributed by atoms with Gasteiger partial charge in [-0.05, 0) is 61.6 Å². The first-order chi connectivity index (χ1) is 11.8. The van der Waals surface area contributed by atoms with Gasteiger partial charge in [0.15, 0.2) is 0 Å². The highest BCUT2D eigenvalue weighted by molar-refractivity contribution is 7.62. The van der Waals surface area contributed by atoms with Crippen LogP contribution in [0.4, 0.5) is 0 Å². The minimum Gasteiger partial charge on any atom is -0.0798 e. The van der Waals surface area contributed by atoms with Gasteiger partial charge in [-0.15, -0.1) is 0 Å². The Morgan fingerprint density at radius 1 is 0.667 bits per heavy atom. The molecule has 2 aliphatic carbocycles. The Morgan fingerprint density at radius 2 is 1.12 bits per heavy atom. The number of rotatable bonds is 9. The summed E-state index contributed by atoms with van der Waals surface area (Å²) in [6.07, 6.45) is 23.6. The average molecular weight is 351 g/mol. The molecule has 0 N–H and O–H groups in total. The van der Waals surface area contributed by atoms with Crippen LogP contribution in [0.3, 0.4) is 0 Å². The van der Waals surface area contributed by atoms with Gasteiger partial charge in [-0.3, -0.25) is 0 Å². The second-order valence-electron chi connectivity index (χ2n) is 8.31. The first-order valence-electron chi connectivity index (χ1n) is 11.3. The molecule has 0 heterocycles. The Bertz CT molecular complexity index is 332. The van der Waals surface area contributed by atoms with Crippen LogP contribution in [0.1, 0.15) is 111 Å². The minimum atomic E-state index is 0.160. The molecule has 0 saturated heterocycles. The van der Waals surface area contributed by atoms with Gasteiger partial charge < -0.3 is 0 Å². The highest BCUT2D eigenvalue weighted by Gasteiger charge is 2.30. The second-order valence-corrected chi connectivity index (χ2v) is 10.8. The van der Waals surface area contributed by atoms with Gasteiger partial charge in [-0.25, -0.2) is 0 Å². The Balaban J connectivity index is 2.35. The van der Waals surface area contributed by atoms with E-state index in [1.807, 2.05) is 5.31 Å². The lowest BCUT2D eigenvalue weighted by atomic mass is 9.73. The van der Waals surface area contributed by atoms with Gasteiger partial charge in [0.05, 0.1) is 0 Å². The van der Waals surface area contributed by atoms with E-state index >= 15 is 0 Å². The van der Waals surface area contributed by atoms with Gasteiger partial charge in [0.2, 0.25) is 0 Å². The molecule has 0 aromatic rings. The third-order valence-electron chi connectivity index (χ3n) is 6.28. The fraction of sp³-hybridized carbons (Fsp3) is 0.913. The van der Waals surface area contributed by atoms with Crippen LogP contribution in [0.25, 0.3) is 0 Å². The maximum Gasteiger partial charge on any atom is -0.0194 e. The molecule has 0 aromatic carbocycles. The molecule has 0 bridgehead atoms. The van der Waals surface area contributed by atoms with Crippen LogP contribution in [-0.4, -0.2) is 12.3 Å². The monoisotopic (exact) mass is 350 g/mol. The zero-order valence-corrected chi connectivity index (χ0v) is 17.8. The van der Waals surface area contributed by atoms with Crippen molar-refractivity contribution < 1.29 is 0 Å². The molecule has 0 nitrogen and oxygen atoms in total. The summed E-state index contributed by atoms with van der Waals surface area (Å²) in [5.41, 5.74) is 2.06. The fourth-order valence-corrected chi connectivity index (χ4v) is 8.39. The molecular formula is C23H43P. The largest absolute Gasteiger partial charge is 0.0798 e. The molecule has 140 valence electrons. The average Bonchev–Trinajstić information content (AvgIpc) is 2.63. The molecule has 0 aromatic heterocycles. The van der Waals surface area contributed by atoms with Crippen molar-refractivity contribution in [1.29, 1.82) is 0 Å². The maximum atomic E-state index is 2.42. The zero-order valence-electron chi connectivity index (χ0n) is 16.9. The molecule has 2 fully saturated rings. The third-order valence-corrected chi connectivity index (χ3v) is 9.50. The molecule has 24 heavy (non-hydrogen) atoms. The van der Waals surface area contributed by atoms with Gasteiger partial charge in [-0.2, -0.15) is 0 Å². The van der Waals surface area contributed by atoms with E-state index in [0.29, 0.717) is 0 Å². The van der Waals surface area contributed by atoms with Crippen molar-refractivity contribution in [2.24, 2.45) is 11.8 Å². The van der Waals surface area contributed by atoms with Gasteiger partial charge in [0.25, 0.3) is 0 Å². The number of hydrogen-bond acceptors (Lipinski definition) is 0. The highest BCUT2D eigenvalue weighted by Crippen LogP contribution is 2.54. The number of hydrogen-bond donors (Lipinski definition) is 0. The van der Waals surface area contributed by atoms with Crippen LogP contribution >= 0.6 is 7.92 Å². The predicted octanol–water partition coefficient (Wildman–Crippen LogP) is 8.50. The molecule has 2 rings (SSSR count). The zero-order chi connectivity index (χ0) is 17.2. The van der Waals surface area contributed by atoms with Crippen molar-refractivity contribution in [1.82, 2.24) is 0 Å². The summed E-state index contributed by atoms with van der Waals surface area (Å²) >= 11 is 0. The van der Waals surface area contributed by atoms with E-state index in [2.05, 4.69) is 26.3 Å². The Morgan fingerprint density at radius 3 is 1.50 bits per heavy atom. The maximum absolute atomic E-state index is 2.42. The van der Waals surface area contributed by atoms with E-state index in [-0.39, 0.29) is 7.92 Å². The van der Waals surface area contributed by atoms with E-state index in [1.165, 1.54) is 102 Å². The quantitative estimate of drug-likeness (QED) is 0.366. The van der Waals surface area contributed by atoms with Gasteiger partial charge >= 0.3 is 0 Å². The van der Waals surface area contributed by atoms with Crippen LogP contribution in [0.15, 0.2) is 10.9 Å². The molecule has 0 spiro atoms. The van der Waals surface area contributed by atoms with Crippen molar-refractivity contribution in [3.8, 4) is 0 Å². The topological polar surface area (TPSA) is 0 Å². The summed E-state index contributed by atoms with van der Waals surface area (Å²) in [7, 11) is 0.160. The summed E-state index contributed by atoms with van der Waals surface area (Å²) in [6.45, 7) is 7.25. The van der Waals surface area contributed by atoms with Crippen molar-refractivity contribution in [2.45, 2.75) is 111 Å². The molecule has 1 heteroatoms. The first-order valence-corrected chi connectivity index (χ1v) is 13.0. The third kappa shape index (κ3) is 5.86. The fourth-order valence-electron chi connectivity index (χ4n) is 5.28. The molecule has 0 aliphatic heterocycles. The van der Waals surface area contributed by atoms with Crippen molar-refractivity contribution >= 4 is 7.92 Å². The molecule has 0 amide bonds. The van der Waals surface area contributed by atoms with Crippen molar-refractivity contribution in [3.63, 3.8) is 0 Å². The second kappa shape index (κ2) is 11.7. The SMILES string of the molecule is CCCC(=C(C1CCCCC1)C1CCCCC1)P(CCC)CCC. The summed E-state index contributed by atoms with van der Waals surface area (Å²) in [6, 6.07) is 0. The van der Waals surface area contributed by atoms with Crippen LogP contribution in [0, 0.1) is 11.8 Å². The summed E-state index contributed by atoms with van der Waals surface area (Å²) in [4.78, 5) is 0. The van der Waals surface area contributed by atoms with Gasteiger partial charge in [0.1, 0.15) is 0 Å². The molecule has 0 radical (unpaired) electrons. The van der Waals surface area contributed by atoms with E-state index < -0.39 is 0 Å². The van der Waals surface area contributed by atoms with Crippen molar-refractivity contribution in [2.75, 3.05) is 12.3 Å². The highest BCUT2D eigenvalue weighted by atomic mass is 31.1.